The minimum Gasteiger partial charge on any atom is -0.496 e. The summed E-state index contributed by atoms with van der Waals surface area (Å²) in [5.41, 5.74) is 5.75. The van der Waals surface area contributed by atoms with Crippen LogP contribution in [0, 0.1) is 5.82 Å². The van der Waals surface area contributed by atoms with Crippen molar-refractivity contribution >= 4 is 10.9 Å². The Morgan fingerprint density at radius 1 is 1.17 bits per heavy atom. The number of ether oxygens (including phenoxy) is 1. The Labute approximate surface area is 141 Å². The molecular weight excluding hydrogens is 303 g/mol. The quantitative estimate of drug-likeness (QED) is 0.775. The van der Waals surface area contributed by atoms with Gasteiger partial charge in [-0.25, -0.2) is 4.39 Å². The topological polar surface area (TPSA) is 28.3 Å². The predicted molar refractivity (Wildman–Crippen MR) is 94.9 cm³/mol. The van der Waals surface area contributed by atoms with Crippen LogP contribution in [0.5, 0.6) is 5.75 Å². The van der Waals surface area contributed by atoms with Crippen molar-refractivity contribution in [2.45, 2.75) is 19.9 Å². The monoisotopic (exact) mass is 324 g/mol. The fourth-order valence-corrected chi connectivity index (χ4v) is 3.75. The number of likely N-dealkylation sites (N-methyl/N-ethyl adjacent to an activating group) is 1. The van der Waals surface area contributed by atoms with Crippen molar-refractivity contribution in [1.82, 2.24) is 9.88 Å². The number of halogens is 1. The SMILES string of the molecule is CCN1CCc2c(-c3cc(F)ccc3OC)cc3cc[nH]c3c2C1. The maximum atomic E-state index is 13.9. The van der Waals surface area contributed by atoms with Gasteiger partial charge < -0.3 is 9.72 Å². The first-order chi connectivity index (χ1) is 11.7. The Hall–Kier alpha value is -2.33. The molecule has 0 radical (unpaired) electrons. The van der Waals surface area contributed by atoms with Gasteiger partial charge in [0.05, 0.1) is 12.6 Å². The van der Waals surface area contributed by atoms with E-state index in [1.54, 1.807) is 19.2 Å². The highest BCUT2D eigenvalue weighted by atomic mass is 19.1. The second-order valence-electron chi connectivity index (χ2n) is 6.29. The van der Waals surface area contributed by atoms with Crippen LogP contribution in [0.25, 0.3) is 22.0 Å². The summed E-state index contributed by atoms with van der Waals surface area (Å²) in [6.45, 7) is 5.18. The van der Waals surface area contributed by atoms with Gasteiger partial charge in [-0.15, -0.1) is 0 Å². The lowest BCUT2D eigenvalue weighted by Gasteiger charge is -2.30. The molecular formula is C20H21FN2O. The Morgan fingerprint density at radius 3 is 2.83 bits per heavy atom. The molecule has 0 saturated heterocycles. The van der Waals surface area contributed by atoms with E-state index in [-0.39, 0.29) is 5.82 Å². The van der Waals surface area contributed by atoms with Crippen LogP contribution in [0.15, 0.2) is 36.5 Å². The summed E-state index contributed by atoms with van der Waals surface area (Å²) >= 11 is 0. The molecule has 0 unspecified atom stereocenters. The molecule has 3 aromatic rings. The van der Waals surface area contributed by atoms with Crippen molar-refractivity contribution in [2.24, 2.45) is 0 Å². The summed E-state index contributed by atoms with van der Waals surface area (Å²) in [6.07, 6.45) is 2.94. The number of benzene rings is 2. The first-order valence-electron chi connectivity index (χ1n) is 8.39. The van der Waals surface area contributed by atoms with E-state index in [1.165, 1.54) is 22.7 Å². The molecule has 0 fully saturated rings. The molecule has 0 atom stereocenters. The van der Waals surface area contributed by atoms with Crippen LogP contribution >= 0.6 is 0 Å². The van der Waals surface area contributed by atoms with Gasteiger partial charge in [0.2, 0.25) is 0 Å². The number of rotatable bonds is 3. The van der Waals surface area contributed by atoms with Crippen LogP contribution in [0.3, 0.4) is 0 Å². The summed E-state index contributed by atoms with van der Waals surface area (Å²) in [5.74, 6) is 0.478. The first kappa shape index (κ1) is 15.2. The molecule has 24 heavy (non-hydrogen) atoms. The second kappa shape index (κ2) is 5.95. The van der Waals surface area contributed by atoms with Gasteiger partial charge in [-0.2, -0.15) is 0 Å². The van der Waals surface area contributed by atoms with Crippen molar-refractivity contribution in [1.29, 1.82) is 0 Å². The van der Waals surface area contributed by atoms with Gasteiger partial charge in [0.25, 0.3) is 0 Å². The largest absolute Gasteiger partial charge is 0.496 e. The minimum atomic E-state index is -0.236. The third-order valence-electron chi connectivity index (χ3n) is 5.03. The van der Waals surface area contributed by atoms with Crippen LogP contribution in [0.4, 0.5) is 4.39 Å². The average Bonchev–Trinajstić information content (AvgIpc) is 3.09. The zero-order valence-corrected chi connectivity index (χ0v) is 14.0. The van der Waals surface area contributed by atoms with Crippen molar-refractivity contribution < 1.29 is 9.13 Å². The number of hydrogen-bond acceptors (Lipinski definition) is 2. The number of methoxy groups -OCH3 is 1. The van der Waals surface area contributed by atoms with E-state index in [9.17, 15) is 4.39 Å². The van der Waals surface area contributed by atoms with Gasteiger partial charge in [0.15, 0.2) is 0 Å². The fraction of sp³-hybridized carbons (Fsp3) is 0.300. The predicted octanol–water partition coefficient (Wildman–Crippen LogP) is 4.36. The zero-order chi connectivity index (χ0) is 16.7. The Kier molecular flexibility index (Phi) is 3.77. The van der Waals surface area contributed by atoms with Gasteiger partial charge in [-0.3, -0.25) is 4.90 Å². The highest BCUT2D eigenvalue weighted by molar-refractivity contribution is 5.91. The third-order valence-corrected chi connectivity index (χ3v) is 5.03. The summed E-state index contributed by atoms with van der Waals surface area (Å²) in [5, 5.41) is 1.16. The van der Waals surface area contributed by atoms with Crippen LogP contribution in [-0.2, 0) is 13.0 Å². The lowest BCUT2D eigenvalue weighted by atomic mass is 9.88. The Bertz CT molecular complexity index is 900. The van der Waals surface area contributed by atoms with Crippen LogP contribution in [0.1, 0.15) is 18.1 Å². The standard InChI is InChI=1S/C20H21FN2O/c1-3-23-9-7-15-16(17-11-14(21)4-5-19(17)24-2)10-13-6-8-22-20(13)18(15)12-23/h4-6,8,10-11,22H,3,7,9,12H2,1-2H3. The molecule has 3 nitrogen and oxygen atoms in total. The van der Waals surface area contributed by atoms with Crippen LogP contribution in [0.2, 0.25) is 0 Å². The van der Waals surface area contributed by atoms with Gasteiger partial charge >= 0.3 is 0 Å². The summed E-state index contributed by atoms with van der Waals surface area (Å²) in [4.78, 5) is 5.82. The molecule has 0 saturated carbocycles. The molecule has 1 aliphatic heterocycles. The highest BCUT2D eigenvalue weighted by Crippen LogP contribution is 2.39. The van der Waals surface area contributed by atoms with Gasteiger partial charge in [-0.05, 0) is 60.0 Å². The summed E-state index contributed by atoms with van der Waals surface area (Å²) in [6, 6.07) is 8.97. The number of H-pyrrole nitrogens is 1. The van der Waals surface area contributed by atoms with Crippen LogP contribution < -0.4 is 4.74 Å². The van der Waals surface area contributed by atoms with E-state index in [2.05, 4.69) is 28.9 Å². The van der Waals surface area contributed by atoms with E-state index in [0.717, 1.165) is 42.6 Å². The molecule has 0 aliphatic carbocycles. The van der Waals surface area contributed by atoms with Gasteiger partial charge in [0, 0.05) is 30.2 Å². The van der Waals surface area contributed by atoms with Crippen molar-refractivity contribution in [3.8, 4) is 16.9 Å². The molecule has 4 heteroatoms. The van der Waals surface area contributed by atoms with Gasteiger partial charge in [0.1, 0.15) is 11.6 Å². The number of nitrogens with one attached hydrogen (secondary N) is 1. The van der Waals surface area contributed by atoms with Crippen LogP contribution in [-0.4, -0.2) is 30.1 Å². The number of aromatic nitrogens is 1. The Morgan fingerprint density at radius 2 is 2.04 bits per heavy atom. The minimum absolute atomic E-state index is 0.236. The third kappa shape index (κ3) is 2.38. The van der Waals surface area contributed by atoms with E-state index >= 15 is 0 Å². The maximum Gasteiger partial charge on any atom is 0.126 e. The molecule has 0 spiro atoms. The number of aromatic amines is 1. The molecule has 0 amide bonds. The molecule has 124 valence electrons. The number of fused-ring (bicyclic) bond motifs is 3. The van der Waals surface area contributed by atoms with E-state index in [1.807, 2.05) is 6.20 Å². The zero-order valence-electron chi connectivity index (χ0n) is 14.0. The van der Waals surface area contributed by atoms with Crippen molar-refractivity contribution in [3.05, 3.63) is 53.5 Å². The summed E-state index contributed by atoms with van der Waals surface area (Å²) in [7, 11) is 1.64. The van der Waals surface area contributed by atoms with Crippen molar-refractivity contribution in [2.75, 3.05) is 20.2 Å². The van der Waals surface area contributed by atoms with Crippen molar-refractivity contribution in [3.63, 3.8) is 0 Å². The molecule has 2 heterocycles. The molecule has 2 aromatic carbocycles. The highest BCUT2D eigenvalue weighted by Gasteiger charge is 2.23. The van der Waals surface area contributed by atoms with E-state index < -0.39 is 0 Å². The first-order valence-corrected chi connectivity index (χ1v) is 8.39. The molecule has 1 N–H and O–H groups in total. The molecule has 0 bridgehead atoms. The molecule has 1 aromatic heterocycles. The number of nitrogens with zero attached hydrogens (tertiary/aromatic N) is 1. The van der Waals surface area contributed by atoms with E-state index in [0.29, 0.717) is 5.75 Å². The van der Waals surface area contributed by atoms with E-state index in [4.69, 9.17) is 4.74 Å². The lowest BCUT2D eigenvalue weighted by molar-refractivity contribution is 0.269. The number of hydrogen-bond donors (Lipinski definition) is 1. The average molecular weight is 324 g/mol. The summed E-state index contributed by atoms with van der Waals surface area (Å²) < 4.78 is 19.4. The lowest BCUT2D eigenvalue weighted by Crippen LogP contribution is -2.30. The second-order valence-corrected chi connectivity index (χ2v) is 6.29. The smallest absolute Gasteiger partial charge is 0.126 e. The fourth-order valence-electron chi connectivity index (χ4n) is 3.75. The van der Waals surface area contributed by atoms with Gasteiger partial charge in [-0.1, -0.05) is 6.92 Å². The normalized spacial score (nSPS) is 14.8. The molecule has 1 aliphatic rings. The molecule has 4 rings (SSSR count). The maximum absolute atomic E-state index is 13.9. The Balaban J connectivity index is 1.99.